The maximum absolute atomic E-state index is 12.7. The number of anilines is 1. The Kier molecular flexibility index (Phi) is 3.64. The first-order chi connectivity index (χ1) is 8.49. The zero-order valence-corrected chi connectivity index (χ0v) is 10.9. The molecule has 1 aliphatic carbocycles. The summed E-state index contributed by atoms with van der Waals surface area (Å²) in [6.07, 6.45) is 5.64. The largest absolute Gasteiger partial charge is 0.324 e. The molecule has 2 rings (SSSR count). The van der Waals surface area contributed by atoms with E-state index in [2.05, 4.69) is 24.1 Å². The number of hydrogen-bond acceptors (Lipinski definition) is 2. The highest BCUT2D eigenvalue weighted by atomic mass is 19.1. The predicted molar refractivity (Wildman–Crippen MR) is 68.6 cm³/mol. The summed E-state index contributed by atoms with van der Waals surface area (Å²) in [5.74, 6) is -0.490. The van der Waals surface area contributed by atoms with Gasteiger partial charge in [0.15, 0.2) is 0 Å². The van der Waals surface area contributed by atoms with Crippen molar-refractivity contribution in [2.45, 2.75) is 39.5 Å². The number of carbonyl (C=O) groups excluding carboxylic acids is 1. The van der Waals surface area contributed by atoms with Gasteiger partial charge in [-0.2, -0.15) is 4.39 Å². The van der Waals surface area contributed by atoms with Crippen molar-refractivity contribution in [2.75, 3.05) is 5.32 Å². The topological polar surface area (TPSA) is 42.0 Å². The van der Waals surface area contributed by atoms with Crippen molar-refractivity contribution in [1.29, 1.82) is 0 Å². The Balaban J connectivity index is 2.05. The smallest absolute Gasteiger partial charge is 0.228 e. The van der Waals surface area contributed by atoms with Crippen molar-refractivity contribution >= 4 is 11.6 Å². The molecule has 1 N–H and O–H groups in total. The average molecular weight is 250 g/mol. The first-order valence-corrected chi connectivity index (χ1v) is 6.41. The van der Waals surface area contributed by atoms with Crippen LogP contribution in [-0.2, 0) is 4.79 Å². The predicted octanol–water partition coefficient (Wildman–Crippen LogP) is 3.38. The maximum Gasteiger partial charge on any atom is 0.228 e. The van der Waals surface area contributed by atoms with Crippen LogP contribution in [0.2, 0.25) is 0 Å². The normalized spacial score (nSPS) is 22.5. The van der Waals surface area contributed by atoms with E-state index < -0.39 is 5.95 Å². The molecule has 1 heterocycles. The lowest BCUT2D eigenvalue weighted by atomic mass is 9.68. The van der Waals surface area contributed by atoms with Crippen molar-refractivity contribution in [3.8, 4) is 0 Å². The number of halogens is 1. The second-order valence-corrected chi connectivity index (χ2v) is 5.65. The van der Waals surface area contributed by atoms with Crippen LogP contribution in [-0.4, -0.2) is 10.9 Å². The van der Waals surface area contributed by atoms with Crippen LogP contribution in [0.1, 0.15) is 39.5 Å². The number of rotatable bonds is 2. The first kappa shape index (κ1) is 13.0. The van der Waals surface area contributed by atoms with Crippen LogP contribution >= 0.6 is 0 Å². The van der Waals surface area contributed by atoms with Gasteiger partial charge in [-0.05, 0) is 30.4 Å². The van der Waals surface area contributed by atoms with E-state index in [4.69, 9.17) is 0 Å². The lowest BCUT2D eigenvalue weighted by Crippen LogP contribution is -2.37. The van der Waals surface area contributed by atoms with Crippen LogP contribution in [0.5, 0.6) is 0 Å². The molecule has 1 aliphatic rings. The summed E-state index contributed by atoms with van der Waals surface area (Å²) in [7, 11) is 0. The standard InChI is InChI=1S/C14H19FN2O/c1-14(2)8-4-3-5-11(14)13(18)17-10-6-7-12(15)16-9-10/h6-7,9,11H,3-5,8H2,1-2H3,(H,17,18). The van der Waals surface area contributed by atoms with Gasteiger partial charge in [0.05, 0.1) is 11.9 Å². The summed E-state index contributed by atoms with van der Waals surface area (Å²) in [5.41, 5.74) is 0.596. The van der Waals surface area contributed by atoms with Crippen LogP contribution < -0.4 is 5.32 Å². The van der Waals surface area contributed by atoms with E-state index in [-0.39, 0.29) is 17.2 Å². The molecule has 0 aliphatic heterocycles. The second-order valence-electron chi connectivity index (χ2n) is 5.65. The van der Waals surface area contributed by atoms with Gasteiger partial charge >= 0.3 is 0 Å². The van der Waals surface area contributed by atoms with Crippen LogP contribution in [0.4, 0.5) is 10.1 Å². The molecule has 0 spiro atoms. The third-order valence-electron chi connectivity index (χ3n) is 3.82. The Bertz CT molecular complexity index is 428. The monoisotopic (exact) mass is 250 g/mol. The van der Waals surface area contributed by atoms with Crippen molar-refractivity contribution < 1.29 is 9.18 Å². The quantitative estimate of drug-likeness (QED) is 0.818. The second kappa shape index (κ2) is 5.04. The number of nitrogens with one attached hydrogen (secondary N) is 1. The molecule has 1 unspecified atom stereocenters. The van der Waals surface area contributed by atoms with E-state index in [1.807, 2.05) is 0 Å². The summed E-state index contributed by atoms with van der Waals surface area (Å²) in [6.45, 7) is 4.28. The summed E-state index contributed by atoms with van der Waals surface area (Å²) < 4.78 is 12.7. The molecule has 1 atom stereocenters. The van der Waals surface area contributed by atoms with E-state index in [1.165, 1.54) is 24.8 Å². The lowest BCUT2D eigenvalue weighted by Gasteiger charge is -2.37. The van der Waals surface area contributed by atoms with Crippen molar-refractivity contribution in [2.24, 2.45) is 11.3 Å². The molecular formula is C14H19FN2O. The molecule has 98 valence electrons. The Labute approximate surface area is 107 Å². The minimum Gasteiger partial charge on any atom is -0.324 e. The molecule has 1 amide bonds. The lowest BCUT2D eigenvalue weighted by molar-refractivity contribution is -0.124. The number of pyridine rings is 1. The molecule has 0 radical (unpaired) electrons. The van der Waals surface area contributed by atoms with Gasteiger partial charge in [-0.25, -0.2) is 4.98 Å². The molecule has 0 saturated heterocycles. The van der Waals surface area contributed by atoms with Crippen LogP contribution in [0.15, 0.2) is 18.3 Å². The molecule has 0 aromatic carbocycles. The summed E-state index contributed by atoms with van der Waals surface area (Å²) in [4.78, 5) is 15.8. The molecule has 3 nitrogen and oxygen atoms in total. The fourth-order valence-electron chi connectivity index (χ4n) is 2.66. The van der Waals surface area contributed by atoms with Gasteiger partial charge in [0.2, 0.25) is 11.9 Å². The molecule has 1 aromatic heterocycles. The fourth-order valence-corrected chi connectivity index (χ4v) is 2.66. The summed E-state index contributed by atoms with van der Waals surface area (Å²) >= 11 is 0. The summed E-state index contributed by atoms with van der Waals surface area (Å²) in [6, 6.07) is 2.79. The van der Waals surface area contributed by atoms with Gasteiger partial charge in [-0.15, -0.1) is 0 Å². The maximum atomic E-state index is 12.7. The molecule has 4 heteroatoms. The van der Waals surface area contributed by atoms with E-state index in [0.29, 0.717) is 5.69 Å². The fraction of sp³-hybridized carbons (Fsp3) is 0.571. The number of nitrogens with zero attached hydrogens (tertiary/aromatic N) is 1. The van der Waals surface area contributed by atoms with Crippen LogP contribution in [0, 0.1) is 17.3 Å². The third-order valence-corrected chi connectivity index (χ3v) is 3.82. The van der Waals surface area contributed by atoms with Gasteiger partial charge in [0.1, 0.15) is 0 Å². The Hall–Kier alpha value is -1.45. The summed E-state index contributed by atoms with van der Waals surface area (Å²) in [5, 5.41) is 2.83. The number of hydrogen-bond donors (Lipinski definition) is 1. The van der Waals surface area contributed by atoms with Gasteiger partial charge in [0.25, 0.3) is 0 Å². The number of amides is 1. The number of aromatic nitrogens is 1. The molecule has 18 heavy (non-hydrogen) atoms. The van der Waals surface area contributed by atoms with Crippen molar-refractivity contribution in [1.82, 2.24) is 4.98 Å². The first-order valence-electron chi connectivity index (χ1n) is 6.41. The Morgan fingerprint density at radius 3 is 2.83 bits per heavy atom. The van der Waals surface area contributed by atoms with Crippen molar-refractivity contribution in [3.63, 3.8) is 0 Å². The molecule has 1 aromatic rings. The van der Waals surface area contributed by atoms with Crippen molar-refractivity contribution in [3.05, 3.63) is 24.3 Å². The molecule has 0 bridgehead atoms. The third kappa shape index (κ3) is 2.86. The molecular weight excluding hydrogens is 231 g/mol. The van der Waals surface area contributed by atoms with Crippen LogP contribution in [0.25, 0.3) is 0 Å². The zero-order chi connectivity index (χ0) is 13.2. The van der Waals surface area contributed by atoms with E-state index >= 15 is 0 Å². The van der Waals surface area contributed by atoms with Gasteiger partial charge < -0.3 is 5.32 Å². The molecule has 1 saturated carbocycles. The minimum absolute atomic E-state index is 0.0214. The highest BCUT2D eigenvalue weighted by Crippen LogP contribution is 2.40. The van der Waals surface area contributed by atoms with Gasteiger partial charge in [-0.1, -0.05) is 26.7 Å². The SMILES string of the molecule is CC1(C)CCCCC1C(=O)Nc1ccc(F)nc1. The Morgan fingerprint density at radius 1 is 1.44 bits per heavy atom. The van der Waals surface area contributed by atoms with Gasteiger partial charge in [0, 0.05) is 5.92 Å². The van der Waals surface area contributed by atoms with Crippen LogP contribution in [0.3, 0.4) is 0 Å². The minimum atomic E-state index is -0.536. The highest BCUT2D eigenvalue weighted by Gasteiger charge is 2.37. The van der Waals surface area contributed by atoms with E-state index in [1.54, 1.807) is 0 Å². The van der Waals surface area contributed by atoms with E-state index in [0.717, 1.165) is 19.3 Å². The number of carbonyl (C=O) groups is 1. The van der Waals surface area contributed by atoms with E-state index in [9.17, 15) is 9.18 Å². The van der Waals surface area contributed by atoms with Gasteiger partial charge in [-0.3, -0.25) is 4.79 Å². The Morgan fingerprint density at radius 2 is 2.22 bits per heavy atom. The highest BCUT2D eigenvalue weighted by molar-refractivity contribution is 5.92. The molecule has 1 fully saturated rings. The average Bonchev–Trinajstić information content (AvgIpc) is 2.31. The zero-order valence-electron chi connectivity index (χ0n) is 10.9.